The van der Waals surface area contributed by atoms with Crippen molar-refractivity contribution >= 4 is 23.7 Å². The molecule has 18 atom stereocenters. The van der Waals surface area contributed by atoms with Crippen molar-refractivity contribution in [3.8, 4) is 0 Å². The van der Waals surface area contributed by atoms with E-state index in [0.717, 1.165) is 54.4 Å². The molecule has 10 fully saturated rings. The van der Waals surface area contributed by atoms with E-state index < -0.39 is 51.8 Å². The Labute approximate surface area is 342 Å². The van der Waals surface area contributed by atoms with Crippen molar-refractivity contribution in [1.29, 1.82) is 0 Å². The van der Waals surface area contributed by atoms with Crippen LogP contribution in [0, 0.1) is 34.5 Å². The van der Waals surface area contributed by atoms with Crippen molar-refractivity contribution in [1.82, 2.24) is 0 Å². The zero-order valence-electron chi connectivity index (χ0n) is 34.8. The number of esters is 3. The summed E-state index contributed by atoms with van der Waals surface area (Å²) in [5.41, 5.74) is -0.0729. The highest BCUT2D eigenvalue weighted by molar-refractivity contribution is 5.93. The van der Waals surface area contributed by atoms with Crippen molar-refractivity contribution < 1.29 is 66.9 Å². The zero-order chi connectivity index (χ0) is 41.0. The molecule has 6 saturated heterocycles. The van der Waals surface area contributed by atoms with Crippen LogP contribution in [0.2, 0.25) is 0 Å². The summed E-state index contributed by atoms with van der Waals surface area (Å²) in [5, 5.41) is 11.4. The number of carbonyl (C=O) groups excluding carboxylic acids is 4. The maximum atomic E-state index is 12.9. The Morgan fingerprint density at radius 3 is 1.73 bits per heavy atom. The van der Waals surface area contributed by atoms with E-state index in [0.29, 0.717) is 19.6 Å². The van der Waals surface area contributed by atoms with E-state index in [4.69, 9.17) is 42.6 Å². The lowest BCUT2D eigenvalue weighted by atomic mass is 9.46. The zero-order valence-corrected chi connectivity index (χ0v) is 34.8. The van der Waals surface area contributed by atoms with Crippen molar-refractivity contribution in [3.63, 3.8) is 0 Å². The Morgan fingerprint density at radius 1 is 0.695 bits per heavy atom. The van der Waals surface area contributed by atoms with E-state index in [1.54, 1.807) is 0 Å². The van der Waals surface area contributed by atoms with E-state index in [2.05, 4.69) is 41.5 Å². The van der Waals surface area contributed by atoms with Crippen LogP contribution in [0.15, 0.2) is 22.3 Å². The Morgan fingerprint density at radius 2 is 1.19 bits per heavy atom. The molecule has 318 valence electrons. The molecule has 4 saturated carbocycles. The van der Waals surface area contributed by atoms with Crippen molar-refractivity contribution in [2.24, 2.45) is 34.5 Å². The van der Waals surface area contributed by atoms with Crippen LogP contribution >= 0.6 is 0 Å². The minimum Gasteiger partial charge on any atom is -0.458 e. The van der Waals surface area contributed by atoms with E-state index in [1.807, 2.05) is 0 Å². The number of aliphatic hydroxyl groups is 1. The third-order valence-electron chi connectivity index (χ3n) is 19.1. The summed E-state index contributed by atoms with van der Waals surface area (Å²) in [6.07, 6.45) is 3.19. The summed E-state index contributed by atoms with van der Waals surface area (Å²) in [5.74, 6) is -0.0664. The molecule has 14 nitrogen and oxygen atoms in total. The molecular formula is C45H54O14. The van der Waals surface area contributed by atoms with Gasteiger partial charge in [-0.2, -0.15) is 0 Å². The molecule has 0 radical (unpaired) electrons. The molecule has 0 aromatic carbocycles. The van der Waals surface area contributed by atoms with E-state index in [1.165, 1.54) is 6.92 Å². The fraction of sp³-hybridized carbons (Fsp3) is 0.822. The number of ether oxygens (including phenoxy) is 9. The molecule has 6 aliphatic carbocycles. The van der Waals surface area contributed by atoms with Crippen LogP contribution in [0.3, 0.4) is 0 Å². The number of carbonyl (C=O) groups is 4. The standard InChI is InChI=1S/C25H30O8.C20H24O6/c1-11(2)23-18(32-23)19-25(33-19)22(4)8-7-13-14(10-29-20(13)28)15(22)9-16-24(25,31-16)21(23)30-17(27)6-5-12(3)26;1-8(2)18-13(25-18)14-20(26-14)17(3)5-4-9-10(7-23-15(9)21)11(17)6-12-19(20,24-12)16(18)22/h11,15-16,18-19,21H,5-10H2,1-4H3;8,11-14,16,22H,4-7H2,1-3H3/t15-,16?,18-,19?,21?,22?,23-,24?,25?;11-,12?,13-,14?,16?,17?,18-,19?,20?/m00/s1. The topological polar surface area (TPSA) is 191 Å². The maximum Gasteiger partial charge on any atom is 0.334 e. The van der Waals surface area contributed by atoms with Gasteiger partial charge in [0.2, 0.25) is 0 Å². The monoisotopic (exact) mass is 818 g/mol. The first-order chi connectivity index (χ1) is 28.0. The van der Waals surface area contributed by atoms with E-state index in [-0.39, 0.29) is 102 Å². The second kappa shape index (κ2) is 10.5. The molecule has 12 unspecified atom stereocenters. The average molecular weight is 819 g/mol. The molecule has 4 spiro atoms. The largest absolute Gasteiger partial charge is 0.458 e. The molecule has 14 heteroatoms. The van der Waals surface area contributed by atoms with Gasteiger partial charge in [0.25, 0.3) is 0 Å². The lowest BCUT2D eigenvalue weighted by Gasteiger charge is -2.53. The first kappa shape index (κ1) is 36.9. The fourth-order valence-electron chi connectivity index (χ4n) is 16.0. The molecule has 14 aliphatic rings. The van der Waals surface area contributed by atoms with E-state index in [9.17, 15) is 24.3 Å². The predicted molar refractivity (Wildman–Crippen MR) is 198 cm³/mol. The van der Waals surface area contributed by atoms with Crippen LogP contribution in [0.4, 0.5) is 0 Å². The Kier molecular flexibility index (Phi) is 6.59. The van der Waals surface area contributed by atoms with Crippen LogP contribution < -0.4 is 0 Å². The highest BCUT2D eigenvalue weighted by Crippen LogP contribution is 2.85. The lowest BCUT2D eigenvalue weighted by Crippen LogP contribution is -2.70. The van der Waals surface area contributed by atoms with Gasteiger partial charge in [-0.15, -0.1) is 0 Å². The molecule has 8 heterocycles. The highest BCUT2D eigenvalue weighted by Gasteiger charge is 3.02. The van der Waals surface area contributed by atoms with Crippen LogP contribution in [-0.2, 0) is 61.8 Å². The van der Waals surface area contributed by atoms with E-state index >= 15 is 0 Å². The minimum atomic E-state index is -0.742. The lowest BCUT2D eigenvalue weighted by molar-refractivity contribution is -0.169. The molecule has 1 N–H and O–H groups in total. The second-order valence-electron chi connectivity index (χ2n) is 21.5. The van der Waals surface area contributed by atoms with Gasteiger partial charge in [0.15, 0.2) is 17.3 Å². The number of cyclic esters (lactones) is 2. The third-order valence-corrected chi connectivity index (χ3v) is 19.1. The number of rotatable bonds is 6. The molecule has 0 amide bonds. The van der Waals surface area contributed by atoms with Crippen molar-refractivity contribution in [2.75, 3.05) is 13.2 Å². The van der Waals surface area contributed by atoms with Gasteiger partial charge in [0.1, 0.15) is 71.9 Å². The normalized spacial score (nSPS) is 56.8. The highest BCUT2D eigenvalue weighted by atomic mass is 16.8. The number of fused-ring (bicyclic) bond motifs is 8. The molecular weight excluding hydrogens is 764 g/mol. The summed E-state index contributed by atoms with van der Waals surface area (Å²) >= 11 is 0. The van der Waals surface area contributed by atoms with Gasteiger partial charge < -0.3 is 52.5 Å². The van der Waals surface area contributed by atoms with Crippen molar-refractivity contribution in [2.45, 2.75) is 182 Å². The summed E-state index contributed by atoms with van der Waals surface area (Å²) in [7, 11) is 0. The first-order valence-corrected chi connectivity index (χ1v) is 22.2. The Balaban J connectivity index is 0.000000125. The maximum absolute atomic E-state index is 12.9. The second-order valence-corrected chi connectivity index (χ2v) is 21.5. The number of aliphatic hydroxyl groups excluding tert-OH is 1. The van der Waals surface area contributed by atoms with Gasteiger partial charge >= 0.3 is 17.9 Å². The van der Waals surface area contributed by atoms with Crippen molar-refractivity contribution in [3.05, 3.63) is 22.3 Å². The average Bonchev–Trinajstić information content (AvgIpc) is 3.96. The molecule has 0 aromatic heterocycles. The number of epoxide rings is 6. The summed E-state index contributed by atoms with van der Waals surface area (Å²) in [4.78, 5) is 48.6. The third kappa shape index (κ3) is 3.69. The van der Waals surface area contributed by atoms with Crippen LogP contribution in [0.25, 0.3) is 0 Å². The van der Waals surface area contributed by atoms with Gasteiger partial charge in [0, 0.05) is 28.4 Å². The van der Waals surface area contributed by atoms with Gasteiger partial charge in [-0.1, -0.05) is 41.5 Å². The minimum absolute atomic E-state index is 0.00808. The summed E-state index contributed by atoms with van der Waals surface area (Å²) in [6, 6.07) is 0. The van der Waals surface area contributed by atoms with Gasteiger partial charge in [-0.3, -0.25) is 4.79 Å². The molecule has 0 aromatic rings. The Hall–Kier alpha value is -2.72. The molecule has 59 heavy (non-hydrogen) atoms. The summed E-state index contributed by atoms with van der Waals surface area (Å²) < 4.78 is 55.5. The number of ketones is 1. The fourth-order valence-corrected chi connectivity index (χ4v) is 16.0. The quantitative estimate of drug-likeness (QED) is 0.234. The summed E-state index contributed by atoms with van der Waals surface area (Å²) in [6.45, 7) is 15.2. The number of hydrogen-bond donors (Lipinski definition) is 1. The first-order valence-electron chi connectivity index (χ1n) is 22.2. The molecule has 8 aliphatic heterocycles. The van der Waals surface area contributed by atoms with Gasteiger partial charge in [0.05, 0.1) is 18.6 Å². The Bertz CT molecular complexity index is 2160. The predicted octanol–water partition coefficient (Wildman–Crippen LogP) is 3.13. The van der Waals surface area contributed by atoms with Gasteiger partial charge in [-0.25, -0.2) is 9.59 Å². The number of hydrogen-bond acceptors (Lipinski definition) is 14. The molecule has 0 bridgehead atoms. The van der Waals surface area contributed by atoms with Gasteiger partial charge in [-0.05, 0) is 80.3 Å². The molecule has 14 rings (SSSR count). The smallest absolute Gasteiger partial charge is 0.334 e. The van der Waals surface area contributed by atoms with Crippen LogP contribution in [-0.4, -0.2) is 124 Å². The van der Waals surface area contributed by atoms with Crippen LogP contribution in [0.5, 0.6) is 0 Å². The number of Topliss-reactive ketones (excluding diaryl/α,β-unsaturated/α-hetero) is 1. The SMILES string of the molecule is CC(=O)CCC(=O)OC1C23OC2C[C@H]2C4=C(CCC2(C)C32OC2[C@@H]2O[C@]12C(C)C)C(=O)OC4.CC(C)[C@]12O[C@H]1C1OC13C1(OC1C[C@H]1C4=C(CCC13C)C(=O)OC4)C2O. The van der Waals surface area contributed by atoms with Crippen LogP contribution in [0.1, 0.15) is 99.8 Å².